The summed E-state index contributed by atoms with van der Waals surface area (Å²) in [5.74, 6) is -1.84. The van der Waals surface area contributed by atoms with Crippen LogP contribution in [0.3, 0.4) is 0 Å². The first-order chi connectivity index (χ1) is 22.9. The number of esters is 1. The molecular weight excluding hydrogens is 612 g/mol. The number of unbranched alkanes of at least 4 members (excludes halogenated alkanes) is 2. The van der Waals surface area contributed by atoms with Gasteiger partial charge in [0.1, 0.15) is 24.4 Å². The third-order valence-electron chi connectivity index (χ3n) is 8.03. The molecule has 2 aromatic rings. The lowest BCUT2D eigenvalue weighted by Gasteiger charge is -2.44. The third kappa shape index (κ3) is 12.9. The molecule has 1 fully saturated rings. The molecule has 2 N–H and O–H groups in total. The number of nitrogens with one attached hydrogen (secondary N) is 2. The SMILES string of the molecule is CCCCC[C@H](CC(=O)NOCc1ccccc1)C(=O)N1CCN(C(=O)OCc2ccccc2)C[C@H]1N[C@H](C(=O)OC(C)(C)C)C(C)C. The Balaban J connectivity index is 1.78. The summed E-state index contributed by atoms with van der Waals surface area (Å²) in [4.78, 5) is 62.5. The molecule has 0 bridgehead atoms. The molecule has 1 aliphatic heterocycles. The Kier molecular flexibility index (Phi) is 15.3. The number of ether oxygens (including phenoxy) is 2. The standard InChI is InChI=1S/C37H54N4O7/c1-7-8-11-20-30(23-32(42)39-47-26-29-18-14-10-15-19-29)34(43)41-22-21-40(36(45)46-25-28-16-12-9-13-17-28)24-31(41)38-33(27(2)3)35(44)48-37(4,5)6/h9-10,12-19,27,30-31,33,38H,7-8,11,20-26H2,1-6H3,(H,39,42)/t30-,31+,33+/m1/s1. The molecule has 0 aromatic heterocycles. The summed E-state index contributed by atoms with van der Waals surface area (Å²) < 4.78 is 11.3. The van der Waals surface area contributed by atoms with E-state index in [9.17, 15) is 19.2 Å². The predicted molar refractivity (Wildman–Crippen MR) is 183 cm³/mol. The number of carbonyl (C=O) groups is 4. The number of amides is 3. The highest BCUT2D eigenvalue weighted by atomic mass is 16.6. The summed E-state index contributed by atoms with van der Waals surface area (Å²) in [6.07, 6.45) is 1.90. The summed E-state index contributed by atoms with van der Waals surface area (Å²) in [6.45, 7) is 12.2. The van der Waals surface area contributed by atoms with Gasteiger partial charge in [-0.3, -0.25) is 24.5 Å². The lowest BCUT2D eigenvalue weighted by Crippen LogP contribution is -2.65. The van der Waals surface area contributed by atoms with Crippen LogP contribution < -0.4 is 10.8 Å². The summed E-state index contributed by atoms with van der Waals surface area (Å²) >= 11 is 0. The van der Waals surface area contributed by atoms with Crippen LogP contribution in [0.5, 0.6) is 0 Å². The average Bonchev–Trinajstić information content (AvgIpc) is 3.05. The van der Waals surface area contributed by atoms with Crippen molar-refractivity contribution in [1.82, 2.24) is 20.6 Å². The average molecular weight is 667 g/mol. The molecule has 48 heavy (non-hydrogen) atoms. The molecule has 1 heterocycles. The molecular formula is C37H54N4O7. The van der Waals surface area contributed by atoms with Gasteiger partial charge in [0.25, 0.3) is 0 Å². The lowest BCUT2D eigenvalue weighted by atomic mass is 9.95. The minimum Gasteiger partial charge on any atom is -0.459 e. The highest BCUT2D eigenvalue weighted by Crippen LogP contribution is 2.23. The van der Waals surface area contributed by atoms with Gasteiger partial charge in [0.2, 0.25) is 11.8 Å². The molecule has 3 atom stereocenters. The van der Waals surface area contributed by atoms with E-state index in [1.165, 1.54) is 0 Å². The normalized spacial score (nSPS) is 16.3. The highest BCUT2D eigenvalue weighted by molar-refractivity contribution is 5.86. The molecule has 0 radical (unpaired) electrons. The van der Waals surface area contributed by atoms with Crippen LogP contribution in [-0.4, -0.2) is 71.1 Å². The van der Waals surface area contributed by atoms with Gasteiger partial charge in [0.15, 0.2) is 0 Å². The number of nitrogens with zero attached hydrogens (tertiary/aromatic N) is 2. The van der Waals surface area contributed by atoms with Crippen LogP contribution in [0.1, 0.15) is 84.8 Å². The van der Waals surface area contributed by atoms with Gasteiger partial charge >= 0.3 is 12.1 Å². The maximum atomic E-state index is 14.3. The molecule has 264 valence electrons. The van der Waals surface area contributed by atoms with E-state index in [1.807, 2.05) is 74.5 Å². The highest BCUT2D eigenvalue weighted by Gasteiger charge is 2.40. The van der Waals surface area contributed by atoms with Crippen LogP contribution in [-0.2, 0) is 41.9 Å². The topological polar surface area (TPSA) is 127 Å². The zero-order valence-electron chi connectivity index (χ0n) is 29.4. The van der Waals surface area contributed by atoms with Crippen LogP contribution in [0, 0.1) is 11.8 Å². The summed E-state index contributed by atoms with van der Waals surface area (Å²) in [6, 6.07) is 18.1. The van der Waals surface area contributed by atoms with Gasteiger partial charge in [-0.25, -0.2) is 10.3 Å². The zero-order chi connectivity index (χ0) is 35.1. The van der Waals surface area contributed by atoms with Gasteiger partial charge in [0, 0.05) is 25.4 Å². The number of hydrogen-bond donors (Lipinski definition) is 2. The molecule has 0 spiro atoms. The Morgan fingerprint density at radius 3 is 2.10 bits per heavy atom. The molecule has 0 unspecified atom stereocenters. The second kappa shape index (κ2) is 19.1. The fourth-order valence-corrected chi connectivity index (χ4v) is 5.50. The molecule has 2 aromatic carbocycles. The van der Waals surface area contributed by atoms with E-state index < -0.39 is 35.8 Å². The van der Waals surface area contributed by atoms with Gasteiger partial charge in [-0.05, 0) is 44.2 Å². The first-order valence-corrected chi connectivity index (χ1v) is 17.1. The van der Waals surface area contributed by atoms with E-state index in [0.29, 0.717) is 6.42 Å². The van der Waals surface area contributed by atoms with Crippen LogP contribution in [0.4, 0.5) is 4.79 Å². The fraction of sp³-hybridized carbons (Fsp3) is 0.568. The van der Waals surface area contributed by atoms with E-state index in [4.69, 9.17) is 14.3 Å². The smallest absolute Gasteiger partial charge is 0.410 e. The molecule has 11 nitrogen and oxygen atoms in total. The summed E-state index contributed by atoms with van der Waals surface area (Å²) in [5, 5.41) is 3.35. The molecule has 0 aliphatic carbocycles. The van der Waals surface area contributed by atoms with Crippen molar-refractivity contribution >= 4 is 23.9 Å². The Bertz CT molecular complexity index is 1300. The van der Waals surface area contributed by atoms with E-state index in [0.717, 1.165) is 30.4 Å². The monoisotopic (exact) mass is 666 g/mol. The molecule has 3 rings (SSSR count). The molecule has 11 heteroatoms. The van der Waals surface area contributed by atoms with Crippen molar-refractivity contribution in [3.63, 3.8) is 0 Å². The number of piperazine rings is 1. The minimum atomic E-state index is -0.752. The van der Waals surface area contributed by atoms with Gasteiger partial charge < -0.3 is 19.3 Å². The lowest BCUT2D eigenvalue weighted by molar-refractivity contribution is -0.161. The summed E-state index contributed by atoms with van der Waals surface area (Å²) in [5.41, 5.74) is 3.56. The number of carbonyl (C=O) groups excluding carboxylic acids is 4. The van der Waals surface area contributed by atoms with Crippen molar-refractivity contribution in [1.29, 1.82) is 0 Å². The number of rotatable bonds is 16. The van der Waals surface area contributed by atoms with E-state index in [1.54, 1.807) is 30.6 Å². The van der Waals surface area contributed by atoms with Crippen molar-refractivity contribution in [2.75, 3.05) is 19.6 Å². The van der Waals surface area contributed by atoms with Gasteiger partial charge in [-0.1, -0.05) is 101 Å². The quantitative estimate of drug-likeness (QED) is 0.135. The maximum Gasteiger partial charge on any atom is 0.410 e. The minimum absolute atomic E-state index is 0.0525. The van der Waals surface area contributed by atoms with Crippen molar-refractivity contribution in [3.8, 4) is 0 Å². The number of benzene rings is 2. The zero-order valence-corrected chi connectivity index (χ0v) is 29.4. The predicted octanol–water partition coefficient (Wildman–Crippen LogP) is 5.58. The summed E-state index contributed by atoms with van der Waals surface area (Å²) in [7, 11) is 0. The first kappa shape index (κ1) is 38.5. The van der Waals surface area contributed by atoms with Crippen LogP contribution in [0.15, 0.2) is 60.7 Å². The maximum absolute atomic E-state index is 14.3. The molecule has 0 saturated carbocycles. The van der Waals surface area contributed by atoms with Crippen molar-refractivity contribution in [2.24, 2.45) is 11.8 Å². The fourth-order valence-electron chi connectivity index (χ4n) is 5.50. The Morgan fingerprint density at radius 2 is 1.52 bits per heavy atom. The van der Waals surface area contributed by atoms with E-state index >= 15 is 0 Å². The van der Waals surface area contributed by atoms with E-state index in [-0.39, 0.29) is 57.0 Å². The number of hydroxylamine groups is 1. The first-order valence-electron chi connectivity index (χ1n) is 17.1. The largest absolute Gasteiger partial charge is 0.459 e. The Labute approximate surface area is 285 Å². The Hall–Kier alpha value is -3.96. The molecule has 1 aliphatic rings. The van der Waals surface area contributed by atoms with Crippen LogP contribution in [0.25, 0.3) is 0 Å². The Morgan fingerprint density at radius 1 is 0.896 bits per heavy atom. The van der Waals surface area contributed by atoms with Crippen LogP contribution in [0.2, 0.25) is 0 Å². The van der Waals surface area contributed by atoms with Crippen molar-refractivity contribution < 1.29 is 33.5 Å². The van der Waals surface area contributed by atoms with Gasteiger partial charge in [0.05, 0.1) is 13.2 Å². The number of hydrogen-bond acceptors (Lipinski definition) is 8. The van der Waals surface area contributed by atoms with Crippen molar-refractivity contribution in [2.45, 2.75) is 105 Å². The second-order valence-corrected chi connectivity index (χ2v) is 13.7. The van der Waals surface area contributed by atoms with Crippen LogP contribution >= 0.6 is 0 Å². The van der Waals surface area contributed by atoms with Gasteiger partial charge in [-0.2, -0.15) is 0 Å². The molecule has 3 amide bonds. The van der Waals surface area contributed by atoms with E-state index in [2.05, 4.69) is 17.7 Å². The van der Waals surface area contributed by atoms with Gasteiger partial charge in [-0.15, -0.1) is 0 Å². The van der Waals surface area contributed by atoms with Crippen molar-refractivity contribution in [3.05, 3.63) is 71.8 Å². The third-order valence-corrected chi connectivity index (χ3v) is 8.03. The second-order valence-electron chi connectivity index (χ2n) is 13.7. The molecule has 1 saturated heterocycles.